The van der Waals surface area contributed by atoms with Crippen LogP contribution in [0.25, 0.3) is 33.4 Å². The van der Waals surface area contributed by atoms with Crippen molar-refractivity contribution in [3.05, 3.63) is 65.6 Å². The van der Waals surface area contributed by atoms with Crippen LogP contribution in [-0.2, 0) is 9.53 Å². The molecule has 1 aliphatic heterocycles. The minimum absolute atomic E-state index is 0.131. The summed E-state index contributed by atoms with van der Waals surface area (Å²) in [7, 11) is 1.59. The van der Waals surface area contributed by atoms with Crippen LogP contribution in [0.4, 0.5) is 10.3 Å². The van der Waals surface area contributed by atoms with Crippen molar-refractivity contribution in [2.45, 2.75) is 0 Å². The molecule has 1 saturated heterocycles. The zero-order chi connectivity index (χ0) is 25.1. The molecule has 0 aliphatic carbocycles. The Morgan fingerprint density at radius 3 is 2.56 bits per heavy atom. The number of carbonyl (C=O) groups excluding carboxylic acids is 1. The average molecular weight is 508 g/mol. The fraction of sp³-hybridized carbons (Fsp3) is 0.231. The summed E-state index contributed by atoms with van der Waals surface area (Å²) in [5, 5.41) is 3.59. The average Bonchev–Trinajstić information content (AvgIpc) is 2.89. The molecule has 0 atom stereocenters. The third kappa shape index (κ3) is 5.43. The van der Waals surface area contributed by atoms with Gasteiger partial charge in [-0.05, 0) is 54.6 Å². The van der Waals surface area contributed by atoms with Crippen LogP contribution >= 0.6 is 11.6 Å². The normalized spacial score (nSPS) is 14.1. The lowest BCUT2D eigenvalue weighted by atomic mass is 10.1. The molecule has 184 valence electrons. The van der Waals surface area contributed by atoms with E-state index < -0.39 is 0 Å². The number of methoxy groups -OCH3 is 1. The number of benzene rings is 2. The Kier molecular flexibility index (Phi) is 7.04. The van der Waals surface area contributed by atoms with Crippen molar-refractivity contribution in [2.75, 3.05) is 45.3 Å². The number of pyridine rings is 1. The number of hydrogen-bond donors (Lipinski definition) is 1. The smallest absolute Gasteiger partial charge is 0.240 e. The van der Waals surface area contributed by atoms with Gasteiger partial charge in [0.25, 0.3) is 0 Å². The van der Waals surface area contributed by atoms with Gasteiger partial charge < -0.3 is 9.47 Å². The molecule has 2 aromatic carbocycles. The first-order chi connectivity index (χ1) is 17.5. The fourth-order valence-electron chi connectivity index (χ4n) is 3.98. The molecule has 1 aliphatic rings. The molecule has 10 heteroatoms. The number of halogens is 2. The number of anilines is 1. The second kappa shape index (κ2) is 10.5. The van der Waals surface area contributed by atoms with E-state index >= 15 is 0 Å². The first kappa shape index (κ1) is 24.1. The first-order valence-electron chi connectivity index (χ1n) is 11.4. The monoisotopic (exact) mass is 507 g/mol. The molecule has 3 heterocycles. The zero-order valence-electron chi connectivity index (χ0n) is 19.5. The number of morpholine rings is 1. The van der Waals surface area contributed by atoms with E-state index in [9.17, 15) is 9.18 Å². The molecule has 1 amide bonds. The molecule has 0 radical (unpaired) electrons. The number of nitrogens with one attached hydrogen (secondary N) is 1. The maximum absolute atomic E-state index is 13.9. The molecule has 0 spiro atoms. The van der Waals surface area contributed by atoms with Crippen LogP contribution in [-0.4, -0.2) is 65.7 Å². The van der Waals surface area contributed by atoms with Crippen molar-refractivity contribution in [1.82, 2.24) is 19.9 Å². The van der Waals surface area contributed by atoms with Crippen molar-refractivity contribution in [3.8, 4) is 28.3 Å². The molecular formula is C26H23ClFN5O3. The Hall–Kier alpha value is -3.66. The summed E-state index contributed by atoms with van der Waals surface area (Å²) in [5.74, 6) is 0.220. The van der Waals surface area contributed by atoms with E-state index in [0.717, 1.165) is 5.56 Å². The molecule has 36 heavy (non-hydrogen) atoms. The molecule has 4 aromatic rings. The van der Waals surface area contributed by atoms with Gasteiger partial charge in [0.05, 0.1) is 43.8 Å². The standard InChI is InChI=1S/C26H23ClFN5O3/c1-35-19-5-2-16(3-6-19)22-14-23(20-13-17-12-18(28)4-7-21(17)29-25(20)27)31-26(30-22)32-24(34)15-33-8-10-36-11-9-33/h2-7,12-14H,8-11,15H2,1H3,(H,30,31,32,34). The summed E-state index contributed by atoms with van der Waals surface area (Å²) in [5.41, 5.74) is 2.86. The number of carbonyl (C=O) groups is 1. The minimum atomic E-state index is -0.379. The van der Waals surface area contributed by atoms with E-state index in [-0.39, 0.29) is 29.4 Å². The highest BCUT2D eigenvalue weighted by molar-refractivity contribution is 6.32. The Morgan fingerprint density at radius 2 is 1.81 bits per heavy atom. The Labute approximate surface area is 212 Å². The van der Waals surface area contributed by atoms with Gasteiger partial charge in [-0.2, -0.15) is 0 Å². The summed E-state index contributed by atoms with van der Waals surface area (Å²) in [6.07, 6.45) is 0. The number of hydrogen-bond acceptors (Lipinski definition) is 7. The molecular weight excluding hydrogens is 485 g/mol. The van der Waals surface area contributed by atoms with Crippen molar-refractivity contribution in [3.63, 3.8) is 0 Å². The highest BCUT2D eigenvalue weighted by Gasteiger charge is 2.18. The Morgan fingerprint density at radius 1 is 1.06 bits per heavy atom. The predicted octanol–water partition coefficient (Wildman–Crippen LogP) is 4.43. The topological polar surface area (TPSA) is 89.5 Å². The van der Waals surface area contributed by atoms with Crippen LogP contribution in [0.2, 0.25) is 5.15 Å². The Balaban J connectivity index is 1.54. The third-order valence-electron chi connectivity index (χ3n) is 5.84. The molecule has 1 N–H and O–H groups in total. The number of fused-ring (bicyclic) bond motifs is 1. The second-order valence-electron chi connectivity index (χ2n) is 8.29. The van der Waals surface area contributed by atoms with E-state index in [1.54, 1.807) is 25.3 Å². The minimum Gasteiger partial charge on any atom is -0.497 e. The Bertz CT molecular complexity index is 1410. The van der Waals surface area contributed by atoms with Crippen molar-refractivity contribution in [1.29, 1.82) is 0 Å². The predicted molar refractivity (Wildman–Crippen MR) is 136 cm³/mol. The lowest BCUT2D eigenvalue weighted by Crippen LogP contribution is -2.41. The molecule has 0 bridgehead atoms. The van der Waals surface area contributed by atoms with Gasteiger partial charge in [0, 0.05) is 29.6 Å². The van der Waals surface area contributed by atoms with Gasteiger partial charge in [0.2, 0.25) is 11.9 Å². The summed E-state index contributed by atoms with van der Waals surface area (Å²) in [6.45, 7) is 2.75. The highest BCUT2D eigenvalue weighted by Crippen LogP contribution is 2.32. The van der Waals surface area contributed by atoms with Crippen molar-refractivity contribution >= 4 is 34.4 Å². The van der Waals surface area contributed by atoms with E-state index in [0.29, 0.717) is 59.9 Å². The van der Waals surface area contributed by atoms with E-state index in [4.69, 9.17) is 21.1 Å². The van der Waals surface area contributed by atoms with Gasteiger partial charge in [-0.1, -0.05) is 11.6 Å². The molecule has 2 aromatic heterocycles. The molecule has 1 fully saturated rings. The number of aromatic nitrogens is 3. The van der Waals surface area contributed by atoms with Crippen LogP contribution in [0.1, 0.15) is 0 Å². The number of rotatable bonds is 6. The largest absolute Gasteiger partial charge is 0.497 e. The maximum atomic E-state index is 13.9. The molecule has 0 unspecified atom stereocenters. The highest BCUT2D eigenvalue weighted by atomic mass is 35.5. The van der Waals surface area contributed by atoms with Gasteiger partial charge in [0.15, 0.2) is 0 Å². The van der Waals surface area contributed by atoms with Crippen molar-refractivity contribution < 1.29 is 18.7 Å². The van der Waals surface area contributed by atoms with E-state index in [1.165, 1.54) is 12.1 Å². The van der Waals surface area contributed by atoms with Gasteiger partial charge in [-0.25, -0.2) is 19.3 Å². The molecule has 5 rings (SSSR count). The van der Waals surface area contributed by atoms with Crippen LogP contribution in [0.3, 0.4) is 0 Å². The molecule has 8 nitrogen and oxygen atoms in total. The number of nitrogens with zero attached hydrogens (tertiary/aromatic N) is 4. The van der Waals surface area contributed by atoms with E-state index in [1.807, 2.05) is 29.2 Å². The van der Waals surface area contributed by atoms with Crippen molar-refractivity contribution in [2.24, 2.45) is 0 Å². The quantitative estimate of drug-likeness (QED) is 0.386. The zero-order valence-corrected chi connectivity index (χ0v) is 20.3. The van der Waals surface area contributed by atoms with Gasteiger partial charge in [0.1, 0.15) is 16.7 Å². The molecule has 0 saturated carbocycles. The van der Waals surface area contributed by atoms with Crippen LogP contribution in [0, 0.1) is 5.82 Å². The van der Waals surface area contributed by atoms with Gasteiger partial charge in [-0.15, -0.1) is 0 Å². The second-order valence-corrected chi connectivity index (χ2v) is 8.65. The van der Waals surface area contributed by atoms with Gasteiger partial charge >= 0.3 is 0 Å². The summed E-state index contributed by atoms with van der Waals surface area (Å²) >= 11 is 6.51. The lowest BCUT2D eigenvalue weighted by Gasteiger charge is -2.25. The fourth-order valence-corrected chi connectivity index (χ4v) is 4.22. The SMILES string of the molecule is COc1ccc(-c2cc(-c3cc4cc(F)ccc4nc3Cl)nc(NC(=O)CN3CCOCC3)n2)cc1. The lowest BCUT2D eigenvalue weighted by molar-refractivity contribution is -0.118. The number of ether oxygens (including phenoxy) is 2. The van der Waals surface area contributed by atoms with Crippen LogP contribution in [0.5, 0.6) is 5.75 Å². The number of amides is 1. The van der Waals surface area contributed by atoms with E-state index in [2.05, 4.69) is 20.3 Å². The summed E-state index contributed by atoms with van der Waals surface area (Å²) in [6, 6.07) is 15.1. The maximum Gasteiger partial charge on any atom is 0.240 e. The third-order valence-corrected chi connectivity index (χ3v) is 6.13. The van der Waals surface area contributed by atoms with Crippen LogP contribution in [0.15, 0.2) is 54.6 Å². The van der Waals surface area contributed by atoms with Crippen LogP contribution < -0.4 is 10.1 Å². The first-order valence-corrected chi connectivity index (χ1v) is 11.8. The van der Waals surface area contributed by atoms with Gasteiger partial charge in [-0.3, -0.25) is 15.0 Å². The summed E-state index contributed by atoms with van der Waals surface area (Å²) in [4.78, 5) is 28.3. The summed E-state index contributed by atoms with van der Waals surface area (Å²) < 4.78 is 24.5.